The van der Waals surface area contributed by atoms with Gasteiger partial charge in [0.1, 0.15) is 0 Å². The van der Waals surface area contributed by atoms with Crippen molar-refractivity contribution in [2.45, 2.75) is 58.9 Å². The van der Waals surface area contributed by atoms with Crippen LogP contribution in [0.2, 0.25) is 0 Å². The third kappa shape index (κ3) is 4.73. The van der Waals surface area contributed by atoms with Crippen molar-refractivity contribution in [3.8, 4) is 0 Å². The van der Waals surface area contributed by atoms with Crippen LogP contribution in [0.5, 0.6) is 0 Å². The molecule has 1 saturated carbocycles. The smallest absolute Gasteiger partial charge is 0.248 e. The molecule has 3 unspecified atom stereocenters. The predicted octanol–water partition coefficient (Wildman–Crippen LogP) is 3.34. The molecule has 2 N–H and O–H groups in total. The van der Waals surface area contributed by atoms with Crippen molar-refractivity contribution < 1.29 is 4.79 Å². The lowest BCUT2D eigenvalue weighted by Crippen LogP contribution is -2.34. The molecule has 3 nitrogen and oxygen atoms in total. The van der Waals surface area contributed by atoms with Crippen molar-refractivity contribution in [1.29, 1.82) is 0 Å². The van der Waals surface area contributed by atoms with E-state index in [0.717, 1.165) is 24.7 Å². The zero-order valence-corrected chi connectivity index (χ0v) is 12.5. The van der Waals surface area contributed by atoms with Gasteiger partial charge in [0.15, 0.2) is 0 Å². The zero-order chi connectivity index (χ0) is 14.3. The topological polar surface area (TPSA) is 41.1 Å². The number of amides is 1. The summed E-state index contributed by atoms with van der Waals surface area (Å²) in [5.74, 6) is 1.60. The fourth-order valence-corrected chi connectivity index (χ4v) is 3.10. The van der Waals surface area contributed by atoms with Gasteiger partial charge in [-0.05, 0) is 37.8 Å². The quantitative estimate of drug-likeness (QED) is 0.692. The molecule has 1 fully saturated rings. The van der Waals surface area contributed by atoms with Crippen LogP contribution in [0.1, 0.15) is 52.9 Å². The Labute approximate surface area is 117 Å². The molecule has 1 aliphatic carbocycles. The van der Waals surface area contributed by atoms with Gasteiger partial charge in [-0.25, -0.2) is 0 Å². The first-order valence-corrected chi connectivity index (χ1v) is 7.46. The second-order valence-electron chi connectivity index (χ2n) is 5.56. The lowest BCUT2D eigenvalue weighted by molar-refractivity contribution is -0.118. The normalized spacial score (nSPS) is 27.1. The van der Waals surface area contributed by atoms with E-state index >= 15 is 0 Å². The minimum absolute atomic E-state index is 0.0337. The summed E-state index contributed by atoms with van der Waals surface area (Å²) in [5.41, 5.74) is 0.701. The van der Waals surface area contributed by atoms with Crippen LogP contribution in [0.25, 0.3) is 0 Å². The molecular weight excluding hydrogens is 236 g/mol. The third-order valence-corrected chi connectivity index (χ3v) is 4.14. The third-order valence-electron chi connectivity index (χ3n) is 4.14. The fraction of sp³-hybridized carbons (Fsp3) is 0.688. The molecule has 108 valence electrons. The molecular formula is C16H28N2O. The lowest BCUT2D eigenvalue weighted by atomic mass is 9.90. The number of rotatable bonds is 7. The van der Waals surface area contributed by atoms with E-state index in [1.165, 1.54) is 19.3 Å². The molecule has 0 heterocycles. The first-order valence-electron chi connectivity index (χ1n) is 7.46. The molecule has 0 bridgehead atoms. The Morgan fingerprint density at radius 1 is 1.32 bits per heavy atom. The monoisotopic (exact) mass is 264 g/mol. The molecule has 3 atom stereocenters. The van der Waals surface area contributed by atoms with E-state index in [2.05, 4.69) is 31.1 Å². The van der Waals surface area contributed by atoms with Crippen molar-refractivity contribution in [2.75, 3.05) is 0 Å². The van der Waals surface area contributed by atoms with Crippen LogP contribution in [0, 0.1) is 11.8 Å². The van der Waals surface area contributed by atoms with Crippen LogP contribution in [0.15, 0.2) is 24.6 Å². The molecule has 0 aromatic rings. The summed E-state index contributed by atoms with van der Waals surface area (Å²) in [6, 6.07) is 0.348. The second-order valence-corrected chi connectivity index (χ2v) is 5.56. The van der Waals surface area contributed by atoms with E-state index in [0.29, 0.717) is 11.6 Å². The Kier molecular flexibility index (Phi) is 6.68. The van der Waals surface area contributed by atoms with Crippen LogP contribution < -0.4 is 10.6 Å². The maximum Gasteiger partial charge on any atom is 0.248 e. The summed E-state index contributed by atoms with van der Waals surface area (Å²) in [5, 5.41) is 6.00. The largest absolute Gasteiger partial charge is 0.368 e. The highest BCUT2D eigenvalue weighted by atomic mass is 16.1. The fourth-order valence-electron chi connectivity index (χ4n) is 3.10. The molecule has 19 heavy (non-hydrogen) atoms. The molecule has 0 radical (unpaired) electrons. The second kappa shape index (κ2) is 8.03. The van der Waals surface area contributed by atoms with E-state index in [4.69, 9.17) is 0 Å². The van der Waals surface area contributed by atoms with E-state index in [1.54, 1.807) is 12.4 Å². The molecule has 1 rings (SSSR count). The van der Waals surface area contributed by atoms with Crippen LogP contribution in [0.4, 0.5) is 0 Å². The molecule has 0 aromatic carbocycles. The minimum Gasteiger partial charge on any atom is -0.368 e. The maximum absolute atomic E-state index is 12.0. The number of nitrogens with one attached hydrogen (secondary N) is 2. The summed E-state index contributed by atoms with van der Waals surface area (Å²) in [6.45, 7) is 9.88. The molecule has 0 aromatic heterocycles. The van der Waals surface area contributed by atoms with E-state index in [-0.39, 0.29) is 5.91 Å². The highest BCUT2D eigenvalue weighted by molar-refractivity contribution is 5.92. The highest BCUT2D eigenvalue weighted by Gasteiger charge is 2.33. The van der Waals surface area contributed by atoms with Crippen LogP contribution in [-0.2, 0) is 4.79 Å². The predicted molar refractivity (Wildman–Crippen MR) is 80.4 cm³/mol. The SMILES string of the molecule is C=CN/C=C(/C)C(=O)NC1CC(CC)C(CCC)C1. The average Bonchev–Trinajstić information content (AvgIpc) is 2.78. The van der Waals surface area contributed by atoms with Gasteiger partial charge in [-0.2, -0.15) is 0 Å². The summed E-state index contributed by atoms with van der Waals surface area (Å²) >= 11 is 0. The van der Waals surface area contributed by atoms with Gasteiger partial charge in [0.05, 0.1) is 0 Å². The van der Waals surface area contributed by atoms with Crippen LogP contribution >= 0.6 is 0 Å². The highest BCUT2D eigenvalue weighted by Crippen LogP contribution is 2.37. The van der Waals surface area contributed by atoms with E-state index in [1.807, 2.05) is 6.92 Å². The van der Waals surface area contributed by atoms with Gasteiger partial charge < -0.3 is 10.6 Å². The first kappa shape index (κ1) is 15.8. The van der Waals surface area contributed by atoms with Gasteiger partial charge in [0.25, 0.3) is 0 Å². The molecule has 0 aliphatic heterocycles. The standard InChI is InChI=1S/C16H28N2O/c1-5-8-14-10-15(9-13(14)6-2)18-16(19)12(4)11-17-7-3/h7,11,13-15,17H,3,5-6,8-10H2,1-2,4H3,(H,18,19)/b12-11-. The van der Waals surface area contributed by atoms with Gasteiger partial charge >= 0.3 is 0 Å². The van der Waals surface area contributed by atoms with Crippen molar-refractivity contribution in [3.05, 3.63) is 24.6 Å². The Bertz CT molecular complexity index is 336. The summed E-state index contributed by atoms with van der Waals surface area (Å²) in [6.07, 6.45) is 9.29. The van der Waals surface area contributed by atoms with Crippen molar-refractivity contribution in [3.63, 3.8) is 0 Å². The lowest BCUT2D eigenvalue weighted by Gasteiger charge is -2.15. The van der Waals surface area contributed by atoms with Crippen LogP contribution in [-0.4, -0.2) is 11.9 Å². The number of carbonyl (C=O) groups is 1. The maximum atomic E-state index is 12.0. The zero-order valence-electron chi connectivity index (χ0n) is 12.5. The van der Waals surface area contributed by atoms with Gasteiger partial charge in [-0.15, -0.1) is 0 Å². The van der Waals surface area contributed by atoms with Crippen molar-refractivity contribution in [1.82, 2.24) is 10.6 Å². The Morgan fingerprint density at radius 2 is 2.00 bits per heavy atom. The minimum atomic E-state index is 0.0337. The molecule has 0 saturated heterocycles. The van der Waals surface area contributed by atoms with E-state index < -0.39 is 0 Å². The molecule has 0 spiro atoms. The molecule has 3 heteroatoms. The summed E-state index contributed by atoms with van der Waals surface area (Å²) in [4.78, 5) is 12.0. The number of hydrogen-bond acceptors (Lipinski definition) is 2. The first-order chi connectivity index (χ1) is 9.12. The van der Waals surface area contributed by atoms with Gasteiger partial charge in [0, 0.05) is 17.8 Å². The van der Waals surface area contributed by atoms with Gasteiger partial charge in [-0.1, -0.05) is 39.7 Å². The van der Waals surface area contributed by atoms with Crippen molar-refractivity contribution in [2.24, 2.45) is 11.8 Å². The van der Waals surface area contributed by atoms with Crippen LogP contribution in [0.3, 0.4) is 0 Å². The number of hydrogen-bond donors (Lipinski definition) is 2. The number of carbonyl (C=O) groups excluding carboxylic acids is 1. The molecule has 1 aliphatic rings. The Balaban J connectivity index is 2.50. The summed E-state index contributed by atoms with van der Waals surface area (Å²) < 4.78 is 0. The Morgan fingerprint density at radius 3 is 2.58 bits per heavy atom. The average molecular weight is 264 g/mol. The molecule has 1 amide bonds. The van der Waals surface area contributed by atoms with E-state index in [9.17, 15) is 4.79 Å². The van der Waals surface area contributed by atoms with Gasteiger partial charge in [0.2, 0.25) is 5.91 Å². The Hall–Kier alpha value is -1.25. The van der Waals surface area contributed by atoms with Gasteiger partial charge in [-0.3, -0.25) is 4.79 Å². The summed E-state index contributed by atoms with van der Waals surface area (Å²) in [7, 11) is 0. The van der Waals surface area contributed by atoms with Crippen molar-refractivity contribution >= 4 is 5.91 Å².